The minimum Gasteiger partial charge on any atom is -0.496 e. The molecule has 1 N–H and O–H groups in total. The van der Waals surface area contributed by atoms with E-state index in [9.17, 15) is 4.79 Å². The molecule has 20 heavy (non-hydrogen) atoms. The molecular formula is C14H14BrNO4. The SMILES string of the molecule is COc1cc(C(C)C)cc(-c2cc(C(=O)O)no2)c1Br. The molecule has 106 valence electrons. The van der Waals surface area contributed by atoms with E-state index < -0.39 is 5.97 Å². The fourth-order valence-electron chi connectivity index (χ4n) is 1.78. The number of rotatable bonds is 4. The lowest BCUT2D eigenvalue weighted by Gasteiger charge is -2.12. The first kappa shape index (κ1) is 14.6. The maximum absolute atomic E-state index is 10.9. The van der Waals surface area contributed by atoms with E-state index in [2.05, 4.69) is 34.9 Å². The fraction of sp³-hybridized carbons (Fsp3) is 0.286. The fourth-order valence-corrected chi connectivity index (χ4v) is 2.37. The summed E-state index contributed by atoms with van der Waals surface area (Å²) < 4.78 is 11.1. The van der Waals surface area contributed by atoms with E-state index in [1.165, 1.54) is 6.07 Å². The van der Waals surface area contributed by atoms with Gasteiger partial charge in [-0.05, 0) is 39.5 Å². The van der Waals surface area contributed by atoms with Crippen LogP contribution in [-0.4, -0.2) is 23.3 Å². The van der Waals surface area contributed by atoms with Crippen LogP contribution >= 0.6 is 15.9 Å². The highest BCUT2D eigenvalue weighted by Crippen LogP contribution is 2.38. The average Bonchev–Trinajstić information content (AvgIpc) is 2.88. The zero-order valence-electron chi connectivity index (χ0n) is 11.3. The van der Waals surface area contributed by atoms with Crippen LogP contribution in [0.15, 0.2) is 27.2 Å². The molecule has 0 amide bonds. The summed E-state index contributed by atoms with van der Waals surface area (Å²) in [5.41, 5.74) is 1.65. The number of carbonyl (C=O) groups is 1. The van der Waals surface area contributed by atoms with E-state index >= 15 is 0 Å². The molecule has 1 aromatic carbocycles. The van der Waals surface area contributed by atoms with Gasteiger partial charge in [-0.3, -0.25) is 0 Å². The molecule has 5 nitrogen and oxygen atoms in total. The Morgan fingerprint density at radius 2 is 2.10 bits per heavy atom. The first-order valence-corrected chi connectivity index (χ1v) is 6.81. The van der Waals surface area contributed by atoms with Gasteiger partial charge in [0.2, 0.25) is 0 Å². The zero-order chi connectivity index (χ0) is 14.9. The maximum atomic E-state index is 10.9. The standard InChI is InChI=1S/C14H14BrNO4/c1-7(2)8-4-9(13(15)12(5-8)19-3)11-6-10(14(17)18)16-20-11/h4-7H,1-3H3,(H,17,18). The minimum absolute atomic E-state index is 0.124. The van der Waals surface area contributed by atoms with E-state index in [-0.39, 0.29) is 5.69 Å². The number of hydrogen-bond donors (Lipinski definition) is 1. The van der Waals surface area contributed by atoms with Crippen molar-refractivity contribution in [1.29, 1.82) is 0 Å². The van der Waals surface area contributed by atoms with E-state index in [0.717, 1.165) is 5.56 Å². The Kier molecular flexibility index (Phi) is 4.13. The van der Waals surface area contributed by atoms with Crippen LogP contribution in [0.25, 0.3) is 11.3 Å². The maximum Gasteiger partial charge on any atom is 0.358 e. The van der Waals surface area contributed by atoms with E-state index in [0.29, 0.717) is 27.5 Å². The Bertz CT molecular complexity index is 649. The van der Waals surface area contributed by atoms with E-state index in [4.69, 9.17) is 14.4 Å². The third-order valence-corrected chi connectivity index (χ3v) is 3.76. The van der Waals surface area contributed by atoms with Gasteiger partial charge in [0.1, 0.15) is 5.75 Å². The summed E-state index contributed by atoms with van der Waals surface area (Å²) >= 11 is 3.45. The van der Waals surface area contributed by atoms with Crippen molar-refractivity contribution in [3.05, 3.63) is 33.9 Å². The van der Waals surface area contributed by atoms with Crippen LogP contribution in [0.3, 0.4) is 0 Å². The summed E-state index contributed by atoms with van der Waals surface area (Å²) in [4.78, 5) is 10.9. The largest absolute Gasteiger partial charge is 0.496 e. The van der Waals surface area contributed by atoms with Gasteiger partial charge in [-0.2, -0.15) is 0 Å². The Hall–Kier alpha value is -1.82. The molecule has 1 heterocycles. The molecule has 0 aliphatic carbocycles. The lowest BCUT2D eigenvalue weighted by Crippen LogP contribution is -1.95. The molecule has 6 heteroatoms. The summed E-state index contributed by atoms with van der Waals surface area (Å²) in [6, 6.07) is 5.27. The molecule has 1 aromatic heterocycles. The second-order valence-electron chi connectivity index (χ2n) is 4.62. The normalized spacial score (nSPS) is 10.8. The number of methoxy groups -OCH3 is 1. The average molecular weight is 340 g/mol. The van der Waals surface area contributed by atoms with Gasteiger partial charge in [0, 0.05) is 11.6 Å². The molecule has 0 aliphatic heterocycles. The zero-order valence-corrected chi connectivity index (χ0v) is 12.9. The number of carboxylic acids is 1. The lowest BCUT2D eigenvalue weighted by molar-refractivity contribution is 0.0686. The first-order chi connectivity index (χ1) is 9.43. The second kappa shape index (κ2) is 5.66. The van der Waals surface area contributed by atoms with Gasteiger partial charge in [0.15, 0.2) is 11.5 Å². The van der Waals surface area contributed by atoms with Crippen molar-refractivity contribution < 1.29 is 19.2 Å². The molecule has 0 saturated heterocycles. The van der Waals surface area contributed by atoms with Gasteiger partial charge in [0.25, 0.3) is 0 Å². The molecule has 2 aromatic rings. The number of benzene rings is 1. The smallest absolute Gasteiger partial charge is 0.358 e. The Morgan fingerprint density at radius 1 is 1.40 bits per heavy atom. The van der Waals surface area contributed by atoms with Gasteiger partial charge >= 0.3 is 5.97 Å². The van der Waals surface area contributed by atoms with Crippen molar-refractivity contribution in [1.82, 2.24) is 5.16 Å². The highest BCUT2D eigenvalue weighted by Gasteiger charge is 2.18. The Balaban J connectivity index is 2.59. The predicted octanol–water partition coefficient (Wildman–Crippen LogP) is 3.93. The molecular weight excluding hydrogens is 326 g/mol. The summed E-state index contributed by atoms with van der Waals surface area (Å²) in [6.45, 7) is 4.13. The summed E-state index contributed by atoms with van der Waals surface area (Å²) in [5, 5.41) is 12.4. The van der Waals surface area contributed by atoms with Gasteiger partial charge < -0.3 is 14.4 Å². The Morgan fingerprint density at radius 3 is 2.60 bits per heavy atom. The van der Waals surface area contributed by atoms with Crippen molar-refractivity contribution in [2.24, 2.45) is 0 Å². The number of ether oxygens (including phenoxy) is 1. The first-order valence-electron chi connectivity index (χ1n) is 6.01. The number of aromatic nitrogens is 1. The van der Waals surface area contributed by atoms with Crippen LogP contribution < -0.4 is 4.74 Å². The number of hydrogen-bond acceptors (Lipinski definition) is 4. The third kappa shape index (κ3) is 2.70. The third-order valence-electron chi connectivity index (χ3n) is 2.94. The van der Waals surface area contributed by atoms with Crippen LogP contribution in [0.2, 0.25) is 0 Å². The number of carboxylic acid groups (broad SMARTS) is 1. The molecule has 0 radical (unpaired) electrons. The van der Waals surface area contributed by atoms with Gasteiger partial charge in [-0.15, -0.1) is 0 Å². The second-order valence-corrected chi connectivity index (χ2v) is 5.41. The van der Waals surface area contributed by atoms with Gasteiger partial charge in [0.05, 0.1) is 11.6 Å². The monoisotopic (exact) mass is 339 g/mol. The highest BCUT2D eigenvalue weighted by atomic mass is 79.9. The minimum atomic E-state index is -1.12. The van der Waals surface area contributed by atoms with Gasteiger partial charge in [-0.1, -0.05) is 19.0 Å². The molecule has 0 spiro atoms. The molecule has 0 atom stereocenters. The molecule has 0 fully saturated rings. The van der Waals surface area contributed by atoms with Crippen LogP contribution in [0, 0.1) is 0 Å². The van der Waals surface area contributed by atoms with E-state index in [1.54, 1.807) is 7.11 Å². The number of aromatic carboxylic acids is 1. The summed E-state index contributed by atoms with van der Waals surface area (Å²) in [7, 11) is 1.58. The van der Waals surface area contributed by atoms with Crippen LogP contribution in [-0.2, 0) is 0 Å². The summed E-state index contributed by atoms with van der Waals surface area (Å²) in [6.07, 6.45) is 0. The number of nitrogens with zero attached hydrogens (tertiary/aromatic N) is 1. The molecule has 0 bridgehead atoms. The lowest BCUT2D eigenvalue weighted by atomic mass is 9.99. The van der Waals surface area contributed by atoms with Crippen molar-refractivity contribution in [3.63, 3.8) is 0 Å². The van der Waals surface area contributed by atoms with Crippen molar-refractivity contribution in [2.45, 2.75) is 19.8 Å². The topological polar surface area (TPSA) is 72.6 Å². The van der Waals surface area contributed by atoms with Gasteiger partial charge in [-0.25, -0.2) is 4.79 Å². The number of halogens is 1. The quantitative estimate of drug-likeness (QED) is 0.913. The van der Waals surface area contributed by atoms with E-state index in [1.807, 2.05) is 12.1 Å². The molecule has 0 saturated carbocycles. The van der Waals surface area contributed by atoms with Crippen molar-refractivity contribution in [2.75, 3.05) is 7.11 Å². The molecule has 0 unspecified atom stereocenters. The predicted molar refractivity (Wildman–Crippen MR) is 77.2 cm³/mol. The van der Waals surface area contributed by atoms with Crippen LogP contribution in [0.5, 0.6) is 5.75 Å². The van der Waals surface area contributed by atoms with Crippen molar-refractivity contribution in [3.8, 4) is 17.1 Å². The molecule has 0 aliphatic rings. The highest BCUT2D eigenvalue weighted by molar-refractivity contribution is 9.10. The van der Waals surface area contributed by atoms with Crippen LogP contribution in [0.4, 0.5) is 0 Å². The summed E-state index contributed by atoms with van der Waals surface area (Å²) in [5.74, 6) is 0.232. The van der Waals surface area contributed by atoms with Crippen LogP contribution in [0.1, 0.15) is 35.8 Å². The Labute approximate surface area is 124 Å². The van der Waals surface area contributed by atoms with Crippen molar-refractivity contribution >= 4 is 21.9 Å². The molecule has 2 rings (SSSR count).